The first-order valence-corrected chi connectivity index (χ1v) is 7.21. The fourth-order valence-electron chi connectivity index (χ4n) is 1.75. The summed E-state index contributed by atoms with van der Waals surface area (Å²) in [5, 5.41) is 14.6. The smallest absolute Gasteiger partial charge is 0.258 e. The molecule has 0 radical (unpaired) electrons. The molecule has 5 heteroatoms. The number of hydrogen-bond acceptors (Lipinski definition) is 4. The molecule has 106 valence electrons. The van der Waals surface area contributed by atoms with Gasteiger partial charge >= 0.3 is 0 Å². The molecular formula is C15H17NO3S. The van der Waals surface area contributed by atoms with Crippen molar-refractivity contribution in [3.63, 3.8) is 0 Å². The molecule has 0 spiro atoms. The van der Waals surface area contributed by atoms with E-state index in [0.717, 1.165) is 10.4 Å². The van der Waals surface area contributed by atoms with Gasteiger partial charge in [-0.25, -0.2) is 0 Å². The van der Waals surface area contributed by atoms with Gasteiger partial charge < -0.3 is 15.2 Å². The van der Waals surface area contributed by atoms with Crippen LogP contribution >= 0.6 is 11.3 Å². The molecule has 1 amide bonds. The second-order valence-electron chi connectivity index (χ2n) is 4.39. The molecule has 0 unspecified atom stereocenters. The Morgan fingerprint density at radius 3 is 2.75 bits per heavy atom. The summed E-state index contributed by atoms with van der Waals surface area (Å²) in [5.74, 6) is 0.402. The van der Waals surface area contributed by atoms with Crippen LogP contribution in [0.15, 0.2) is 41.8 Å². The first-order valence-electron chi connectivity index (χ1n) is 6.33. The van der Waals surface area contributed by atoms with Gasteiger partial charge in [0.25, 0.3) is 5.91 Å². The quantitative estimate of drug-likeness (QED) is 0.858. The predicted molar refractivity (Wildman–Crippen MR) is 79.0 cm³/mol. The van der Waals surface area contributed by atoms with Crippen LogP contribution in [0.5, 0.6) is 5.75 Å². The standard InChI is InChI=1S/C15H17NO3S/c1-11-7-8-20-15(11)13(17)9-16-14(18)10-19-12-5-3-2-4-6-12/h2-8,13,17H,9-10H2,1H3,(H,16,18)/t13-/m1/s1. The van der Waals surface area contributed by atoms with E-state index in [4.69, 9.17) is 4.74 Å². The molecule has 0 saturated heterocycles. The molecule has 20 heavy (non-hydrogen) atoms. The first kappa shape index (κ1) is 14.6. The molecular weight excluding hydrogens is 274 g/mol. The Bertz CT molecular complexity index is 553. The van der Waals surface area contributed by atoms with Gasteiger partial charge in [-0.3, -0.25) is 4.79 Å². The highest BCUT2D eigenvalue weighted by Gasteiger charge is 2.13. The normalized spacial score (nSPS) is 11.9. The lowest BCUT2D eigenvalue weighted by atomic mass is 10.2. The molecule has 0 fully saturated rings. The van der Waals surface area contributed by atoms with Crippen molar-refractivity contribution in [1.29, 1.82) is 0 Å². The number of nitrogens with one attached hydrogen (secondary N) is 1. The molecule has 1 aromatic carbocycles. The first-order chi connectivity index (χ1) is 9.66. The summed E-state index contributed by atoms with van der Waals surface area (Å²) in [6.07, 6.45) is -0.671. The van der Waals surface area contributed by atoms with Crippen molar-refractivity contribution in [1.82, 2.24) is 5.32 Å². The van der Waals surface area contributed by atoms with Gasteiger partial charge in [0.2, 0.25) is 0 Å². The zero-order chi connectivity index (χ0) is 14.4. The third-order valence-corrected chi connectivity index (χ3v) is 3.93. The van der Waals surface area contributed by atoms with E-state index in [1.807, 2.05) is 36.6 Å². The van der Waals surface area contributed by atoms with Crippen molar-refractivity contribution >= 4 is 17.2 Å². The van der Waals surface area contributed by atoms with Crippen molar-refractivity contribution in [2.75, 3.05) is 13.2 Å². The maximum atomic E-state index is 11.6. The van der Waals surface area contributed by atoms with Crippen LogP contribution in [0, 0.1) is 6.92 Å². The number of ether oxygens (including phenoxy) is 1. The van der Waals surface area contributed by atoms with Gasteiger partial charge in [-0.15, -0.1) is 11.3 Å². The molecule has 1 atom stereocenters. The third kappa shape index (κ3) is 4.08. The second-order valence-corrected chi connectivity index (χ2v) is 5.34. The average molecular weight is 291 g/mol. The predicted octanol–water partition coefficient (Wildman–Crippen LogP) is 2.29. The molecule has 0 bridgehead atoms. The van der Waals surface area contributed by atoms with Crippen molar-refractivity contribution < 1.29 is 14.6 Å². The van der Waals surface area contributed by atoms with Crippen molar-refractivity contribution in [2.24, 2.45) is 0 Å². The molecule has 2 rings (SSSR count). The molecule has 4 nitrogen and oxygen atoms in total. The van der Waals surface area contributed by atoms with Crippen LogP contribution in [0.1, 0.15) is 16.5 Å². The summed E-state index contributed by atoms with van der Waals surface area (Å²) in [5.41, 5.74) is 1.04. The topological polar surface area (TPSA) is 58.6 Å². The number of hydrogen-bond donors (Lipinski definition) is 2. The van der Waals surface area contributed by atoms with Gasteiger partial charge in [-0.1, -0.05) is 18.2 Å². The van der Waals surface area contributed by atoms with Crippen LogP contribution in [-0.2, 0) is 4.79 Å². The monoisotopic (exact) mass is 291 g/mol. The molecule has 2 aromatic rings. The summed E-state index contributed by atoms with van der Waals surface area (Å²) in [6, 6.07) is 11.1. The van der Waals surface area contributed by atoms with E-state index in [-0.39, 0.29) is 19.1 Å². The molecule has 1 heterocycles. The van der Waals surface area contributed by atoms with Gasteiger partial charge in [-0.2, -0.15) is 0 Å². The van der Waals surface area contributed by atoms with Crippen molar-refractivity contribution in [2.45, 2.75) is 13.0 Å². The fourth-order valence-corrected chi connectivity index (χ4v) is 2.66. The van der Waals surface area contributed by atoms with Gasteiger partial charge in [0.05, 0.1) is 0 Å². The lowest BCUT2D eigenvalue weighted by Crippen LogP contribution is -2.32. The zero-order valence-corrected chi connectivity index (χ0v) is 12.0. The van der Waals surface area contributed by atoms with E-state index in [1.54, 1.807) is 12.1 Å². The van der Waals surface area contributed by atoms with E-state index < -0.39 is 6.10 Å². The Kier molecular flexibility index (Phi) is 5.15. The number of carbonyl (C=O) groups excluding carboxylic acids is 1. The number of rotatable bonds is 6. The minimum atomic E-state index is -0.671. The Hall–Kier alpha value is -1.85. The van der Waals surface area contributed by atoms with Crippen LogP contribution < -0.4 is 10.1 Å². The minimum Gasteiger partial charge on any atom is -0.484 e. The summed E-state index contributed by atoms with van der Waals surface area (Å²) in [6.45, 7) is 2.08. The molecule has 1 aromatic heterocycles. The van der Waals surface area contributed by atoms with E-state index in [9.17, 15) is 9.90 Å². The van der Waals surface area contributed by atoms with E-state index >= 15 is 0 Å². The summed E-state index contributed by atoms with van der Waals surface area (Å²) < 4.78 is 5.32. The summed E-state index contributed by atoms with van der Waals surface area (Å²) >= 11 is 1.49. The highest BCUT2D eigenvalue weighted by Crippen LogP contribution is 2.23. The Morgan fingerprint density at radius 1 is 1.35 bits per heavy atom. The maximum Gasteiger partial charge on any atom is 0.258 e. The second kappa shape index (κ2) is 7.07. The summed E-state index contributed by atoms with van der Waals surface area (Å²) in [4.78, 5) is 12.5. The Balaban J connectivity index is 1.74. The average Bonchev–Trinajstić information content (AvgIpc) is 2.90. The number of aliphatic hydroxyl groups is 1. The van der Waals surface area contributed by atoms with Gasteiger partial charge in [0.15, 0.2) is 6.61 Å². The Morgan fingerprint density at radius 2 is 2.10 bits per heavy atom. The largest absolute Gasteiger partial charge is 0.484 e. The number of aryl methyl sites for hydroxylation is 1. The lowest BCUT2D eigenvalue weighted by molar-refractivity contribution is -0.123. The third-order valence-electron chi connectivity index (χ3n) is 2.81. The van der Waals surface area contributed by atoms with Crippen LogP contribution in [0.3, 0.4) is 0 Å². The van der Waals surface area contributed by atoms with Gasteiger partial charge in [0.1, 0.15) is 11.9 Å². The molecule has 0 aliphatic heterocycles. The highest BCUT2D eigenvalue weighted by molar-refractivity contribution is 7.10. The number of carbonyl (C=O) groups is 1. The zero-order valence-electron chi connectivity index (χ0n) is 11.2. The van der Waals surface area contributed by atoms with E-state index in [2.05, 4.69) is 5.32 Å². The number of para-hydroxylation sites is 1. The van der Waals surface area contributed by atoms with Gasteiger partial charge in [-0.05, 0) is 36.1 Å². The fraction of sp³-hybridized carbons (Fsp3) is 0.267. The molecule has 0 aliphatic carbocycles. The molecule has 0 aliphatic rings. The molecule has 0 saturated carbocycles. The molecule has 2 N–H and O–H groups in total. The van der Waals surface area contributed by atoms with Crippen molar-refractivity contribution in [3.05, 3.63) is 52.2 Å². The number of aliphatic hydroxyl groups excluding tert-OH is 1. The maximum absolute atomic E-state index is 11.6. The minimum absolute atomic E-state index is 0.0554. The lowest BCUT2D eigenvalue weighted by Gasteiger charge is -2.12. The number of thiophene rings is 1. The van der Waals surface area contributed by atoms with Crippen molar-refractivity contribution in [3.8, 4) is 5.75 Å². The van der Waals surface area contributed by atoms with Crippen LogP contribution in [0.25, 0.3) is 0 Å². The SMILES string of the molecule is Cc1ccsc1[C@H](O)CNC(=O)COc1ccccc1. The van der Waals surface area contributed by atoms with Crippen LogP contribution in [-0.4, -0.2) is 24.2 Å². The number of benzene rings is 1. The van der Waals surface area contributed by atoms with Crippen LogP contribution in [0.2, 0.25) is 0 Å². The summed E-state index contributed by atoms with van der Waals surface area (Å²) in [7, 11) is 0. The van der Waals surface area contributed by atoms with E-state index in [1.165, 1.54) is 11.3 Å². The van der Waals surface area contributed by atoms with E-state index in [0.29, 0.717) is 5.75 Å². The number of amides is 1. The Labute approximate surface area is 122 Å². The van der Waals surface area contributed by atoms with Gasteiger partial charge in [0, 0.05) is 11.4 Å². The highest BCUT2D eigenvalue weighted by atomic mass is 32.1. The van der Waals surface area contributed by atoms with Crippen LogP contribution in [0.4, 0.5) is 0 Å².